The van der Waals surface area contributed by atoms with E-state index in [9.17, 15) is 14.4 Å². The quantitative estimate of drug-likeness (QED) is 0.529. The fourth-order valence-electron chi connectivity index (χ4n) is 1.52. The lowest BCUT2D eigenvalue weighted by molar-refractivity contribution is -0.134. The molecular weight excluding hydrogens is 256 g/mol. The summed E-state index contributed by atoms with van der Waals surface area (Å²) in [7, 11) is 0. The summed E-state index contributed by atoms with van der Waals surface area (Å²) in [6, 6.07) is 1.29. The number of β-lactam (4-membered cyclic amide) rings is 1. The van der Waals surface area contributed by atoms with Crippen molar-refractivity contribution in [1.82, 2.24) is 16.0 Å². The van der Waals surface area contributed by atoms with Crippen LogP contribution >= 0.6 is 11.3 Å². The Labute approximate surface area is 107 Å². The first kappa shape index (κ1) is 12.4. The van der Waals surface area contributed by atoms with Crippen LogP contribution < -0.4 is 21.7 Å². The van der Waals surface area contributed by atoms with Crippen LogP contribution in [-0.2, 0) is 9.59 Å². The van der Waals surface area contributed by atoms with E-state index in [1.165, 1.54) is 11.3 Å². The summed E-state index contributed by atoms with van der Waals surface area (Å²) in [5.74, 6) is -0.677. The highest BCUT2D eigenvalue weighted by Gasteiger charge is 2.32. The number of hydrogen-bond acceptors (Lipinski definition) is 4. The van der Waals surface area contributed by atoms with Crippen LogP contribution in [0.25, 0.3) is 0 Å². The molecule has 0 bridgehead atoms. The number of amides is 4. The topological polar surface area (TPSA) is 113 Å². The molecule has 0 radical (unpaired) electrons. The van der Waals surface area contributed by atoms with Crippen molar-refractivity contribution in [3.63, 3.8) is 0 Å². The molecule has 7 nitrogen and oxygen atoms in total. The van der Waals surface area contributed by atoms with Crippen LogP contribution in [0.1, 0.15) is 10.9 Å². The first-order valence-electron chi connectivity index (χ1n) is 5.25. The zero-order valence-corrected chi connectivity index (χ0v) is 10.1. The highest BCUT2D eigenvalue weighted by molar-refractivity contribution is 7.10. The van der Waals surface area contributed by atoms with E-state index < -0.39 is 24.0 Å². The normalized spacial score (nSPS) is 19.3. The van der Waals surface area contributed by atoms with Gasteiger partial charge in [-0.2, -0.15) is 0 Å². The minimum Gasteiger partial charge on any atom is -0.352 e. The van der Waals surface area contributed by atoms with Gasteiger partial charge in [-0.15, -0.1) is 11.3 Å². The van der Waals surface area contributed by atoms with Gasteiger partial charge in [0.15, 0.2) is 0 Å². The highest BCUT2D eigenvalue weighted by atomic mass is 32.1. The van der Waals surface area contributed by atoms with E-state index in [2.05, 4.69) is 16.0 Å². The third-order valence-electron chi connectivity index (χ3n) is 2.49. The minimum absolute atomic E-state index is 0.229. The first-order chi connectivity index (χ1) is 8.58. The Morgan fingerprint density at radius 3 is 2.78 bits per heavy atom. The van der Waals surface area contributed by atoms with Crippen molar-refractivity contribution < 1.29 is 14.4 Å². The molecule has 1 aliphatic heterocycles. The largest absolute Gasteiger partial charge is 0.352 e. The second-order valence-electron chi connectivity index (χ2n) is 3.76. The molecular formula is C10H12N4O3S. The van der Waals surface area contributed by atoms with Gasteiger partial charge in [0, 0.05) is 11.4 Å². The number of nitrogens with two attached hydrogens (primary N) is 1. The van der Waals surface area contributed by atoms with Gasteiger partial charge in [-0.25, -0.2) is 4.79 Å². The summed E-state index contributed by atoms with van der Waals surface area (Å²) < 4.78 is 0. The number of rotatable bonds is 4. The molecule has 0 aromatic carbocycles. The molecule has 2 unspecified atom stereocenters. The standard InChI is InChI=1S/C10H12N4O3S/c11-10(17)14-7(6-2-1-3-18-6)9(16)13-5-4-12-8(5)15/h1-3,5,7H,4H2,(H,12,15)(H,13,16)(H3,11,14,17). The number of nitrogens with one attached hydrogen (secondary N) is 3. The third-order valence-corrected chi connectivity index (χ3v) is 3.43. The van der Waals surface area contributed by atoms with Gasteiger partial charge in [-0.05, 0) is 11.4 Å². The molecule has 2 atom stereocenters. The van der Waals surface area contributed by atoms with E-state index in [0.29, 0.717) is 11.4 Å². The number of carbonyl (C=O) groups excluding carboxylic acids is 3. The highest BCUT2D eigenvalue weighted by Crippen LogP contribution is 2.19. The average Bonchev–Trinajstić information content (AvgIpc) is 2.84. The Balaban J connectivity index is 2.06. The van der Waals surface area contributed by atoms with E-state index in [1.807, 2.05) is 0 Å². The average molecular weight is 268 g/mol. The molecule has 1 saturated heterocycles. The molecule has 8 heteroatoms. The van der Waals surface area contributed by atoms with Gasteiger partial charge in [-0.3, -0.25) is 9.59 Å². The van der Waals surface area contributed by atoms with Crippen molar-refractivity contribution in [1.29, 1.82) is 0 Å². The molecule has 0 saturated carbocycles. The Bertz CT molecular complexity index is 473. The van der Waals surface area contributed by atoms with Crippen LogP contribution in [0.5, 0.6) is 0 Å². The monoisotopic (exact) mass is 268 g/mol. The van der Waals surface area contributed by atoms with Gasteiger partial charge < -0.3 is 21.7 Å². The third kappa shape index (κ3) is 2.59. The van der Waals surface area contributed by atoms with Crippen LogP contribution in [0.2, 0.25) is 0 Å². The van der Waals surface area contributed by atoms with Crippen LogP contribution in [0, 0.1) is 0 Å². The van der Waals surface area contributed by atoms with Crippen molar-refractivity contribution in [2.75, 3.05) is 6.54 Å². The Hall–Kier alpha value is -2.09. The maximum absolute atomic E-state index is 12.0. The van der Waals surface area contributed by atoms with Crippen molar-refractivity contribution in [2.45, 2.75) is 12.1 Å². The number of hydrogen-bond donors (Lipinski definition) is 4. The summed E-state index contributed by atoms with van der Waals surface area (Å²) in [5, 5.41) is 9.20. The lowest BCUT2D eigenvalue weighted by atomic mass is 10.1. The summed E-state index contributed by atoms with van der Waals surface area (Å²) in [4.78, 5) is 34.6. The number of primary amides is 1. The van der Waals surface area contributed by atoms with Crippen molar-refractivity contribution in [2.24, 2.45) is 5.73 Å². The molecule has 1 aliphatic rings. The summed E-state index contributed by atoms with van der Waals surface area (Å²) in [5.41, 5.74) is 5.04. The smallest absolute Gasteiger partial charge is 0.313 e. The molecule has 5 N–H and O–H groups in total. The SMILES string of the molecule is NC(=O)NC(C(=O)NC1CNC1=O)c1cccs1. The van der Waals surface area contributed by atoms with Crippen molar-refractivity contribution in [3.05, 3.63) is 22.4 Å². The van der Waals surface area contributed by atoms with Crippen LogP contribution in [0.15, 0.2) is 17.5 Å². The van der Waals surface area contributed by atoms with Gasteiger partial charge in [0.05, 0.1) is 0 Å². The summed E-state index contributed by atoms with van der Waals surface area (Å²) in [6.07, 6.45) is 0. The first-order valence-corrected chi connectivity index (χ1v) is 6.13. The van der Waals surface area contributed by atoms with Gasteiger partial charge in [0.1, 0.15) is 12.1 Å². The Morgan fingerprint density at radius 2 is 2.33 bits per heavy atom. The van der Waals surface area contributed by atoms with E-state index in [0.717, 1.165) is 0 Å². The maximum atomic E-state index is 12.0. The van der Waals surface area contributed by atoms with Crippen LogP contribution in [0.4, 0.5) is 4.79 Å². The predicted octanol–water partition coefficient (Wildman–Crippen LogP) is -0.928. The van der Waals surface area contributed by atoms with E-state index >= 15 is 0 Å². The molecule has 4 amide bonds. The van der Waals surface area contributed by atoms with Gasteiger partial charge in [-0.1, -0.05) is 6.07 Å². The summed E-state index contributed by atoms with van der Waals surface area (Å²) >= 11 is 1.32. The second-order valence-corrected chi connectivity index (χ2v) is 4.74. The number of thiophene rings is 1. The van der Waals surface area contributed by atoms with E-state index in [4.69, 9.17) is 5.73 Å². The number of carbonyl (C=O) groups is 3. The predicted molar refractivity (Wildman–Crippen MR) is 64.7 cm³/mol. The van der Waals surface area contributed by atoms with Gasteiger partial charge in [0.2, 0.25) is 11.8 Å². The molecule has 0 aliphatic carbocycles. The Morgan fingerprint density at radius 1 is 1.56 bits per heavy atom. The molecule has 2 heterocycles. The van der Waals surface area contributed by atoms with Crippen molar-refractivity contribution in [3.8, 4) is 0 Å². The van der Waals surface area contributed by atoms with Crippen LogP contribution in [0.3, 0.4) is 0 Å². The second kappa shape index (κ2) is 5.05. The summed E-state index contributed by atoms with van der Waals surface area (Å²) in [6.45, 7) is 0.401. The Kier molecular flexibility index (Phi) is 3.47. The van der Waals surface area contributed by atoms with Gasteiger partial charge >= 0.3 is 6.03 Å². The fraction of sp³-hybridized carbons (Fsp3) is 0.300. The number of urea groups is 1. The molecule has 1 aromatic rings. The maximum Gasteiger partial charge on any atom is 0.313 e. The van der Waals surface area contributed by atoms with E-state index in [-0.39, 0.29) is 5.91 Å². The molecule has 0 spiro atoms. The molecule has 2 rings (SSSR count). The fourth-order valence-corrected chi connectivity index (χ4v) is 2.30. The van der Waals surface area contributed by atoms with Crippen LogP contribution in [-0.4, -0.2) is 30.4 Å². The minimum atomic E-state index is -0.865. The molecule has 18 heavy (non-hydrogen) atoms. The van der Waals surface area contributed by atoms with Crippen molar-refractivity contribution >= 4 is 29.2 Å². The van der Waals surface area contributed by atoms with E-state index in [1.54, 1.807) is 17.5 Å². The molecule has 96 valence electrons. The zero-order valence-electron chi connectivity index (χ0n) is 9.30. The lowest BCUT2D eigenvalue weighted by Gasteiger charge is -2.28. The lowest BCUT2D eigenvalue weighted by Crippen LogP contribution is -2.63. The molecule has 1 aromatic heterocycles. The molecule has 1 fully saturated rings. The zero-order chi connectivity index (χ0) is 13.1. The van der Waals surface area contributed by atoms with Gasteiger partial charge in [0.25, 0.3) is 0 Å².